The topological polar surface area (TPSA) is 52.6 Å². The molecule has 0 aromatic heterocycles. The number of ether oxygens (including phenoxy) is 2. The van der Waals surface area contributed by atoms with Crippen LogP contribution in [0.1, 0.15) is 20.3 Å². The normalized spacial score (nSPS) is 11.3. The Morgan fingerprint density at radius 1 is 1.47 bits per heavy atom. The van der Waals surface area contributed by atoms with Gasteiger partial charge in [0.25, 0.3) is 0 Å². The standard InChI is InChI=1S/C11H16O4/c1-5-10(12)15-9(4)6-7-14-11(13)8(2)3/h5,9H,1-2,6-7H2,3-4H3. The Morgan fingerprint density at radius 2 is 2.07 bits per heavy atom. The SMILES string of the molecule is C=CC(=O)OC(C)CCOC(=O)C(=C)C. The first kappa shape index (κ1) is 13.4. The molecule has 0 spiro atoms. The molecule has 4 nitrogen and oxygen atoms in total. The van der Waals surface area contributed by atoms with Crippen LogP contribution in [0.3, 0.4) is 0 Å². The lowest BCUT2D eigenvalue weighted by Gasteiger charge is -2.11. The summed E-state index contributed by atoms with van der Waals surface area (Å²) >= 11 is 0. The molecule has 0 radical (unpaired) electrons. The van der Waals surface area contributed by atoms with E-state index in [1.807, 2.05) is 0 Å². The molecule has 0 heterocycles. The molecule has 0 bridgehead atoms. The van der Waals surface area contributed by atoms with Gasteiger partial charge in [0, 0.05) is 18.1 Å². The van der Waals surface area contributed by atoms with Crippen molar-refractivity contribution in [3.8, 4) is 0 Å². The molecular formula is C11H16O4. The Bertz CT molecular complexity index is 268. The van der Waals surface area contributed by atoms with Crippen molar-refractivity contribution in [2.45, 2.75) is 26.4 Å². The molecule has 84 valence electrons. The van der Waals surface area contributed by atoms with Crippen LogP contribution in [0.15, 0.2) is 24.8 Å². The van der Waals surface area contributed by atoms with Crippen molar-refractivity contribution in [2.24, 2.45) is 0 Å². The summed E-state index contributed by atoms with van der Waals surface area (Å²) in [5.74, 6) is -0.911. The third-order valence-electron chi connectivity index (χ3n) is 1.59. The molecule has 1 atom stereocenters. The predicted molar refractivity (Wildman–Crippen MR) is 56.1 cm³/mol. The van der Waals surface area contributed by atoms with E-state index < -0.39 is 11.9 Å². The van der Waals surface area contributed by atoms with Crippen LogP contribution in [0.25, 0.3) is 0 Å². The number of carbonyl (C=O) groups excluding carboxylic acids is 2. The van der Waals surface area contributed by atoms with Crippen LogP contribution in [0, 0.1) is 0 Å². The molecule has 0 N–H and O–H groups in total. The van der Waals surface area contributed by atoms with Crippen molar-refractivity contribution in [1.29, 1.82) is 0 Å². The maximum absolute atomic E-state index is 11.0. The summed E-state index contributed by atoms with van der Waals surface area (Å²) in [6, 6.07) is 0. The molecule has 1 unspecified atom stereocenters. The smallest absolute Gasteiger partial charge is 0.333 e. The minimum Gasteiger partial charge on any atom is -0.462 e. The molecule has 0 aromatic carbocycles. The van der Waals surface area contributed by atoms with Crippen molar-refractivity contribution in [2.75, 3.05) is 6.61 Å². The lowest BCUT2D eigenvalue weighted by Crippen LogP contribution is -2.16. The highest BCUT2D eigenvalue weighted by molar-refractivity contribution is 5.86. The molecule has 0 amide bonds. The van der Waals surface area contributed by atoms with Gasteiger partial charge in [-0.15, -0.1) is 0 Å². The van der Waals surface area contributed by atoms with Crippen LogP contribution in [0.2, 0.25) is 0 Å². The van der Waals surface area contributed by atoms with E-state index in [9.17, 15) is 9.59 Å². The zero-order valence-corrected chi connectivity index (χ0v) is 9.12. The molecule has 0 aliphatic rings. The fourth-order valence-electron chi connectivity index (χ4n) is 0.746. The van der Waals surface area contributed by atoms with E-state index in [1.165, 1.54) is 0 Å². The lowest BCUT2D eigenvalue weighted by atomic mass is 10.3. The molecule has 0 rings (SSSR count). The quantitative estimate of drug-likeness (QED) is 0.496. The second kappa shape index (κ2) is 6.81. The minimum atomic E-state index is -0.478. The van der Waals surface area contributed by atoms with E-state index in [1.54, 1.807) is 13.8 Å². The van der Waals surface area contributed by atoms with E-state index in [-0.39, 0.29) is 12.7 Å². The van der Waals surface area contributed by atoms with Gasteiger partial charge in [-0.2, -0.15) is 0 Å². The van der Waals surface area contributed by atoms with Crippen molar-refractivity contribution in [3.05, 3.63) is 24.8 Å². The molecule has 0 fully saturated rings. The van der Waals surface area contributed by atoms with Crippen LogP contribution in [-0.4, -0.2) is 24.6 Å². The fourth-order valence-corrected chi connectivity index (χ4v) is 0.746. The van der Waals surface area contributed by atoms with Crippen molar-refractivity contribution >= 4 is 11.9 Å². The molecule has 0 aliphatic carbocycles. The monoisotopic (exact) mass is 212 g/mol. The molecule has 15 heavy (non-hydrogen) atoms. The van der Waals surface area contributed by atoms with Crippen LogP contribution in [0.4, 0.5) is 0 Å². The van der Waals surface area contributed by atoms with Gasteiger partial charge in [-0.1, -0.05) is 13.2 Å². The third kappa shape index (κ3) is 6.49. The third-order valence-corrected chi connectivity index (χ3v) is 1.59. The summed E-state index contributed by atoms with van der Waals surface area (Å²) in [7, 11) is 0. The zero-order valence-electron chi connectivity index (χ0n) is 9.12. The van der Waals surface area contributed by atoms with Gasteiger partial charge in [-0.3, -0.25) is 0 Å². The summed E-state index contributed by atoms with van der Waals surface area (Å²) in [4.78, 5) is 21.7. The Labute approximate surface area is 89.6 Å². The Morgan fingerprint density at radius 3 is 2.53 bits per heavy atom. The molecule has 0 aliphatic heterocycles. The number of hydrogen-bond donors (Lipinski definition) is 0. The van der Waals surface area contributed by atoms with Gasteiger partial charge >= 0.3 is 11.9 Å². The molecule has 0 saturated heterocycles. The summed E-state index contributed by atoms with van der Waals surface area (Å²) in [6.07, 6.45) is 1.25. The van der Waals surface area contributed by atoms with E-state index in [4.69, 9.17) is 9.47 Å². The molecule has 0 saturated carbocycles. The van der Waals surface area contributed by atoms with E-state index in [2.05, 4.69) is 13.2 Å². The van der Waals surface area contributed by atoms with Crippen molar-refractivity contribution in [1.82, 2.24) is 0 Å². The summed E-state index contributed by atoms with van der Waals surface area (Å²) in [5, 5.41) is 0. The predicted octanol–water partition coefficient (Wildman–Crippen LogP) is 1.61. The summed E-state index contributed by atoms with van der Waals surface area (Å²) < 4.78 is 9.70. The van der Waals surface area contributed by atoms with Crippen LogP contribution in [-0.2, 0) is 19.1 Å². The van der Waals surface area contributed by atoms with Crippen molar-refractivity contribution in [3.63, 3.8) is 0 Å². The van der Waals surface area contributed by atoms with Gasteiger partial charge in [-0.25, -0.2) is 9.59 Å². The maximum atomic E-state index is 11.0. The van der Waals surface area contributed by atoms with Crippen molar-refractivity contribution < 1.29 is 19.1 Å². The second-order valence-corrected chi connectivity index (χ2v) is 3.16. The zero-order chi connectivity index (χ0) is 11.8. The molecule has 0 aromatic rings. The largest absolute Gasteiger partial charge is 0.462 e. The number of esters is 2. The van der Waals surface area contributed by atoms with Gasteiger partial charge in [0.15, 0.2) is 0 Å². The van der Waals surface area contributed by atoms with Gasteiger partial charge in [0.2, 0.25) is 0 Å². The van der Waals surface area contributed by atoms with Crippen LogP contribution in [0.5, 0.6) is 0 Å². The first-order chi connectivity index (χ1) is 6.97. The Hall–Kier alpha value is -1.58. The summed E-state index contributed by atoms with van der Waals surface area (Å²) in [6.45, 7) is 10.2. The Kier molecular flexibility index (Phi) is 6.09. The summed E-state index contributed by atoms with van der Waals surface area (Å²) in [5.41, 5.74) is 0.353. The van der Waals surface area contributed by atoms with Gasteiger partial charge in [0.05, 0.1) is 6.61 Å². The highest BCUT2D eigenvalue weighted by atomic mass is 16.6. The first-order valence-electron chi connectivity index (χ1n) is 4.63. The maximum Gasteiger partial charge on any atom is 0.333 e. The van der Waals surface area contributed by atoms with Gasteiger partial charge < -0.3 is 9.47 Å². The Balaban J connectivity index is 3.68. The average Bonchev–Trinajstić information content (AvgIpc) is 2.17. The first-order valence-corrected chi connectivity index (χ1v) is 4.63. The number of rotatable bonds is 6. The van der Waals surface area contributed by atoms with E-state index in [0.717, 1.165) is 6.08 Å². The highest BCUT2D eigenvalue weighted by Gasteiger charge is 2.08. The van der Waals surface area contributed by atoms with Gasteiger partial charge in [0.1, 0.15) is 6.10 Å². The fraction of sp³-hybridized carbons (Fsp3) is 0.455. The minimum absolute atomic E-state index is 0.206. The van der Waals surface area contributed by atoms with Crippen LogP contribution >= 0.6 is 0 Å². The van der Waals surface area contributed by atoms with E-state index >= 15 is 0 Å². The van der Waals surface area contributed by atoms with Gasteiger partial charge in [-0.05, 0) is 13.8 Å². The van der Waals surface area contributed by atoms with E-state index in [0.29, 0.717) is 12.0 Å². The number of hydrogen-bond acceptors (Lipinski definition) is 4. The van der Waals surface area contributed by atoms with Crippen LogP contribution < -0.4 is 0 Å². The highest BCUT2D eigenvalue weighted by Crippen LogP contribution is 2.00. The number of carbonyl (C=O) groups is 2. The molecular weight excluding hydrogens is 196 g/mol. The average molecular weight is 212 g/mol. The second-order valence-electron chi connectivity index (χ2n) is 3.16. The lowest BCUT2D eigenvalue weighted by molar-refractivity contribution is -0.144. The molecule has 4 heteroatoms.